The number of benzene rings is 2. The zero-order valence-electron chi connectivity index (χ0n) is 14.7. The van der Waals surface area contributed by atoms with E-state index in [0.29, 0.717) is 11.3 Å². The number of para-hydroxylation sites is 1. The van der Waals surface area contributed by atoms with E-state index in [1.807, 2.05) is 61.5 Å². The molecule has 0 saturated carbocycles. The van der Waals surface area contributed by atoms with Gasteiger partial charge in [-0.1, -0.05) is 48.2 Å². The Labute approximate surface area is 160 Å². The number of H-pyrrole nitrogens is 1. The number of fused-ring (bicyclic) bond motifs is 1. The number of nitrogens with zero attached hydrogens (tertiary/aromatic N) is 2. The Morgan fingerprint density at radius 1 is 1.22 bits per heavy atom. The molecule has 2 N–H and O–H groups in total. The first-order valence-corrected chi connectivity index (χ1v) is 9.54. The van der Waals surface area contributed by atoms with Crippen LogP contribution in [0.2, 0.25) is 0 Å². The zero-order chi connectivity index (χ0) is 18.6. The lowest BCUT2D eigenvalue weighted by Crippen LogP contribution is -2.27. The van der Waals surface area contributed by atoms with Gasteiger partial charge in [-0.25, -0.2) is 4.98 Å². The summed E-state index contributed by atoms with van der Waals surface area (Å²) < 4.78 is 5.86. The van der Waals surface area contributed by atoms with Crippen LogP contribution in [0.15, 0.2) is 70.5 Å². The molecule has 136 valence electrons. The first-order chi connectivity index (χ1) is 13.2. The maximum Gasteiger partial charge on any atom is 0.252 e. The Morgan fingerprint density at radius 2 is 2.04 bits per heavy atom. The highest BCUT2D eigenvalue weighted by molar-refractivity contribution is 7.98. The summed E-state index contributed by atoms with van der Waals surface area (Å²) in [5.41, 5.74) is 2.40. The fourth-order valence-corrected chi connectivity index (χ4v) is 3.62. The summed E-state index contributed by atoms with van der Waals surface area (Å²) >= 11 is 1.50. The molecule has 2 heterocycles. The third kappa shape index (κ3) is 3.88. The number of rotatable bonds is 6. The molecule has 0 radical (unpaired) electrons. The van der Waals surface area contributed by atoms with Crippen molar-refractivity contribution in [1.82, 2.24) is 20.5 Å². The number of aromatic amines is 1. The molecule has 2 aromatic heterocycles. The number of aromatic nitrogens is 3. The molecule has 0 aliphatic rings. The van der Waals surface area contributed by atoms with Crippen LogP contribution in [0.1, 0.15) is 34.6 Å². The largest absolute Gasteiger partial charge is 0.459 e. The molecule has 4 rings (SSSR count). The Kier molecular flexibility index (Phi) is 4.93. The van der Waals surface area contributed by atoms with Crippen LogP contribution in [0, 0.1) is 0 Å². The second-order valence-corrected chi connectivity index (χ2v) is 7.08. The molecule has 1 unspecified atom stereocenters. The lowest BCUT2D eigenvalue weighted by molar-refractivity contribution is 0.0935. The van der Waals surface area contributed by atoms with Gasteiger partial charge in [0, 0.05) is 16.7 Å². The minimum atomic E-state index is -0.236. The number of carbonyl (C=O) groups excluding carboxylic acids is 1. The van der Waals surface area contributed by atoms with E-state index in [9.17, 15) is 4.79 Å². The summed E-state index contributed by atoms with van der Waals surface area (Å²) in [6, 6.07) is 17.1. The smallest absolute Gasteiger partial charge is 0.252 e. The van der Waals surface area contributed by atoms with Crippen LogP contribution in [0.25, 0.3) is 11.0 Å². The van der Waals surface area contributed by atoms with Crippen molar-refractivity contribution in [1.29, 1.82) is 0 Å². The normalized spacial score (nSPS) is 12.2. The fraction of sp³-hybridized carbons (Fsp3) is 0.150. The molecule has 0 fully saturated rings. The van der Waals surface area contributed by atoms with E-state index in [0.717, 1.165) is 27.4 Å². The van der Waals surface area contributed by atoms with Crippen LogP contribution >= 0.6 is 11.8 Å². The van der Waals surface area contributed by atoms with Crippen molar-refractivity contribution in [2.45, 2.75) is 23.9 Å². The molecular formula is C20H18N4O2S. The van der Waals surface area contributed by atoms with Gasteiger partial charge >= 0.3 is 0 Å². The molecular weight excluding hydrogens is 360 g/mol. The van der Waals surface area contributed by atoms with Crippen molar-refractivity contribution in [2.24, 2.45) is 0 Å². The summed E-state index contributed by atoms with van der Waals surface area (Å²) in [6.07, 6.45) is 1.47. The van der Waals surface area contributed by atoms with Gasteiger partial charge in [-0.2, -0.15) is 5.10 Å². The fourth-order valence-electron chi connectivity index (χ4n) is 2.84. The number of hydrogen-bond acceptors (Lipinski definition) is 5. The van der Waals surface area contributed by atoms with Gasteiger partial charge in [0.25, 0.3) is 5.91 Å². The van der Waals surface area contributed by atoms with Crippen LogP contribution in [0.3, 0.4) is 0 Å². The lowest BCUT2D eigenvalue weighted by Gasteiger charge is -2.13. The number of amides is 1. The van der Waals surface area contributed by atoms with E-state index in [4.69, 9.17) is 4.42 Å². The van der Waals surface area contributed by atoms with Gasteiger partial charge in [-0.3, -0.25) is 9.89 Å². The van der Waals surface area contributed by atoms with Crippen LogP contribution in [-0.4, -0.2) is 21.1 Å². The number of nitrogens with one attached hydrogen (secondary N) is 2. The standard InChI is InChI=1S/C20H18N4O2S/c1-13(18-10-14-6-3-5-9-17(14)26-18)23-19(25)16-8-4-2-7-15(16)11-27-20-21-12-22-24-20/h2-10,12-13H,11H2,1H3,(H,23,25)(H,21,22,24). The number of carbonyl (C=O) groups is 1. The molecule has 4 aromatic rings. The zero-order valence-corrected chi connectivity index (χ0v) is 15.5. The summed E-state index contributed by atoms with van der Waals surface area (Å²) in [5.74, 6) is 1.23. The number of hydrogen-bond donors (Lipinski definition) is 2. The SMILES string of the molecule is CC(NC(=O)c1ccccc1CSc1ncn[nH]1)c1cc2ccccc2o1. The van der Waals surface area contributed by atoms with Gasteiger partial charge in [0.05, 0.1) is 6.04 Å². The van der Waals surface area contributed by atoms with Gasteiger partial charge in [0.1, 0.15) is 17.7 Å². The minimum absolute atomic E-state index is 0.128. The summed E-state index contributed by atoms with van der Waals surface area (Å²) in [5, 5.41) is 11.4. The van der Waals surface area contributed by atoms with Gasteiger partial charge < -0.3 is 9.73 Å². The van der Waals surface area contributed by atoms with Crippen molar-refractivity contribution >= 4 is 28.6 Å². The molecule has 6 nitrogen and oxygen atoms in total. The van der Waals surface area contributed by atoms with Crippen molar-refractivity contribution in [3.8, 4) is 0 Å². The highest BCUT2D eigenvalue weighted by Crippen LogP contribution is 2.25. The molecule has 2 aromatic carbocycles. The predicted molar refractivity (Wildman–Crippen MR) is 104 cm³/mol. The van der Waals surface area contributed by atoms with Crippen LogP contribution in [0.4, 0.5) is 0 Å². The van der Waals surface area contributed by atoms with Crippen LogP contribution < -0.4 is 5.32 Å². The average molecular weight is 378 g/mol. The Bertz CT molecular complexity index is 1030. The second kappa shape index (κ2) is 7.67. The predicted octanol–water partition coefficient (Wildman–Crippen LogP) is 4.33. The third-order valence-corrected chi connectivity index (χ3v) is 5.16. The topological polar surface area (TPSA) is 83.8 Å². The van der Waals surface area contributed by atoms with E-state index in [-0.39, 0.29) is 11.9 Å². The summed E-state index contributed by atoms with van der Waals surface area (Å²) in [4.78, 5) is 16.9. The Balaban J connectivity index is 1.49. The Hall–Kier alpha value is -3.06. The first-order valence-electron chi connectivity index (χ1n) is 8.56. The highest BCUT2D eigenvalue weighted by Gasteiger charge is 2.17. The number of thioether (sulfide) groups is 1. The minimum Gasteiger partial charge on any atom is -0.459 e. The lowest BCUT2D eigenvalue weighted by atomic mass is 10.1. The van der Waals surface area contributed by atoms with Crippen LogP contribution in [0.5, 0.6) is 0 Å². The van der Waals surface area contributed by atoms with Gasteiger partial charge in [-0.15, -0.1) is 0 Å². The molecule has 0 aliphatic carbocycles. The second-order valence-electron chi connectivity index (χ2n) is 6.12. The van der Waals surface area contributed by atoms with Crippen LogP contribution in [-0.2, 0) is 5.75 Å². The third-order valence-electron chi connectivity index (χ3n) is 4.24. The average Bonchev–Trinajstić information content (AvgIpc) is 3.36. The molecule has 0 bridgehead atoms. The molecule has 0 saturated heterocycles. The summed E-state index contributed by atoms with van der Waals surface area (Å²) in [7, 11) is 0. The van der Waals surface area contributed by atoms with Crippen molar-refractivity contribution in [3.63, 3.8) is 0 Å². The molecule has 27 heavy (non-hydrogen) atoms. The molecule has 0 aliphatic heterocycles. The van der Waals surface area contributed by atoms with E-state index in [2.05, 4.69) is 20.5 Å². The summed E-state index contributed by atoms with van der Waals surface area (Å²) in [6.45, 7) is 1.92. The van der Waals surface area contributed by atoms with Gasteiger partial charge in [0.2, 0.25) is 0 Å². The molecule has 7 heteroatoms. The molecule has 0 spiro atoms. The molecule has 1 amide bonds. The maximum absolute atomic E-state index is 12.8. The quantitative estimate of drug-likeness (QED) is 0.488. The monoisotopic (exact) mass is 378 g/mol. The molecule has 1 atom stereocenters. The number of furan rings is 1. The van der Waals surface area contributed by atoms with E-state index >= 15 is 0 Å². The maximum atomic E-state index is 12.8. The van der Waals surface area contributed by atoms with E-state index < -0.39 is 0 Å². The van der Waals surface area contributed by atoms with Crippen molar-refractivity contribution < 1.29 is 9.21 Å². The van der Waals surface area contributed by atoms with E-state index in [1.165, 1.54) is 18.1 Å². The van der Waals surface area contributed by atoms with Crippen molar-refractivity contribution in [2.75, 3.05) is 0 Å². The Morgan fingerprint density at radius 3 is 2.85 bits per heavy atom. The van der Waals surface area contributed by atoms with Gasteiger partial charge in [-0.05, 0) is 30.7 Å². The highest BCUT2D eigenvalue weighted by atomic mass is 32.2. The van der Waals surface area contributed by atoms with E-state index in [1.54, 1.807) is 0 Å². The first kappa shape index (κ1) is 17.4. The van der Waals surface area contributed by atoms with Crippen molar-refractivity contribution in [3.05, 3.63) is 77.8 Å². The van der Waals surface area contributed by atoms with Gasteiger partial charge in [0.15, 0.2) is 5.16 Å².